The van der Waals surface area contributed by atoms with Crippen molar-refractivity contribution in [1.29, 1.82) is 0 Å². The lowest BCUT2D eigenvalue weighted by molar-refractivity contribution is 0.301. The molecule has 1 heterocycles. The van der Waals surface area contributed by atoms with Gasteiger partial charge in [0, 0.05) is 24.8 Å². The van der Waals surface area contributed by atoms with Gasteiger partial charge in [-0.1, -0.05) is 29.8 Å². The number of likely N-dealkylation sites (N-methyl/N-ethyl adjacent to an activating group) is 1. The van der Waals surface area contributed by atoms with Crippen LogP contribution in [-0.2, 0) is 6.54 Å². The molecule has 1 aromatic carbocycles. The molecular weight excluding hydrogens is 258 g/mol. The van der Waals surface area contributed by atoms with Crippen LogP contribution in [0.3, 0.4) is 0 Å². The summed E-state index contributed by atoms with van der Waals surface area (Å²) in [7, 11) is 2.09. The fourth-order valence-electron chi connectivity index (χ4n) is 2.70. The molecule has 0 amide bonds. The van der Waals surface area contributed by atoms with Crippen molar-refractivity contribution >= 4 is 0 Å². The molecule has 3 heteroatoms. The first-order valence-corrected chi connectivity index (χ1v) is 7.39. The van der Waals surface area contributed by atoms with Crippen LogP contribution in [-0.4, -0.2) is 23.5 Å². The fraction of sp³-hybridized carbons (Fsp3) is 0.389. The van der Waals surface area contributed by atoms with E-state index in [-0.39, 0.29) is 6.04 Å². The highest BCUT2D eigenvalue weighted by atomic mass is 15.1. The summed E-state index contributed by atoms with van der Waals surface area (Å²) >= 11 is 0. The predicted octanol–water partition coefficient (Wildman–Crippen LogP) is 3.14. The van der Waals surface area contributed by atoms with E-state index < -0.39 is 0 Å². The molecule has 3 nitrogen and oxygen atoms in total. The van der Waals surface area contributed by atoms with Crippen LogP contribution in [0.1, 0.15) is 34.1 Å². The first kappa shape index (κ1) is 15.7. The molecular formula is C18H25N3. The van der Waals surface area contributed by atoms with E-state index in [9.17, 15) is 0 Å². The second kappa shape index (κ2) is 6.83. The molecule has 0 saturated heterocycles. The third kappa shape index (κ3) is 4.38. The number of hydrogen-bond acceptors (Lipinski definition) is 3. The summed E-state index contributed by atoms with van der Waals surface area (Å²) in [5.41, 5.74) is 12.3. The van der Waals surface area contributed by atoms with Gasteiger partial charge in [0.1, 0.15) is 0 Å². The van der Waals surface area contributed by atoms with E-state index in [2.05, 4.69) is 61.1 Å². The molecule has 1 aromatic heterocycles. The summed E-state index contributed by atoms with van der Waals surface area (Å²) in [6.45, 7) is 7.90. The van der Waals surface area contributed by atoms with Crippen molar-refractivity contribution in [2.75, 3.05) is 13.6 Å². The van der Waals surface area contributed by atoms with Gasteiger partial charge in [-0.05, 0) is 51.1 Å². The number of pyridine rings is 1. The number of rotatable bonds is 5. The maximum Gasteiger partial charge on any atom is 0.0547 e. The third-order valence-corrected chi connectivity index (χ3v) is 3.71. The van der Waals surface area contributed by atoms with E-state index in [1.54, 1.807) is 0 Å². The maximum atomic E-state index is 6.37. The Bertz CT molecular complexity index is 607. The zero-order valence-corrected chi connectivity index (χ0v) is 13.4. The number of nitrogens with two attached hydrogens (primary N) is 1. The molecule has 0 saturated carbocycles. The van der Waals surface area contributed by atoms with Gasteiger partial charge in [0.15, 0.2) is 0 Å². The van der Waals surface area contributed by atoms with E-state index >= 15 is 0 Å². The van der Waals surface area contributed by atoms with Crippen LogP contribution in [0.5, 0.6) is 0 Å². The zero-order valence-electron chi connectivity index (χ0n) is 13.4. The van der Waals surface area contributed by atoms with E-state index in [0.717, 1.165) is 24.5 Å². The van der Waals surface area contributed by atoms with Crippen LogP contribution in [0.2, 0.25) is 0 Å². The molecule has 2 aromatic rings. The van der Waals surface area contributed by atoms with Gasteiger partial charge in [-0.2, -0.15) is 0 Å². The molecule has 2 N–H and O–H groups in total. The lowest BCUT2D eigenvalue weighted by Gasteiger charge is -2.22. The molecule has 1 unspecified atom stereocenters. The smallest absolute Gasteiger partial charge is 0.0547 e. The first-order chi connectivity index (χ1) is 9.95. The summed E-state index contributed by atoms with van der Waals surface area (Å²) in [6, 6.07) is 12.6. The molecule has 0 bridgehead atoms. The van der Waals surface area contributed by atoms with Crippen molar-refractivity contribution in [3.63, 3.8) is 0 Å². The molecule has 0 fully saturated rings. The lowest BCUT2D eigenvalue weighted by atomic mass is 9.99. The first-order valence-electron chi connectivity index (χ1n) is 7.39. The minimum atomic E-state index is 0.0282. The maximum absolute atomic E-state index is 6.37. The molecule has 0 aliphatic rings. The molecule has 2 rings (SSSR count). The average molecular weight is 283 g/mol. The monoisotopic (exact) mass is 283 g/mol. The second-order valence-electron chi connectivity index (χ2n) is 5.93. The molecule has 112 valence electrons. The molecule has 0 aliphatic carbocycles. The normalized spacial score (nSPS) is 12.7. The van der Waals surface area contributed by atoms with E-state index in [4.69, 9.17) is 5.73 Å². The van der Waals surface area contributed by atoms with Gasteiger partial charge in [-0.25, -0.2) is 0 Å². The Morgan fingerprint density at radius 3 is 2.57 bits per heavy atom. The van der Waals surface area contributed by atoms with Crippen molar-refractivity contribution in [1.82, 2.24) is 9.88 Å². The summed E-state index contributed by atoms with van der Waals surface area (Å²) in [6.07, 6.45) is 0. The number of aromatic nitrogens is 1. The number of hydrogen-bond donors (Lipinski definition) is 1. The molecule has 1 atom stereocenters. The quantitative estimate of drug-likeness (QED) is 0.916. The van der Waals surface area contributed by atoms with Gasteiger partial charge in [-0.15, -0.1) is 0 Å². The Kier molecular flexibility index (Phi) is 5.10. The molecule has 21 heavy (non-hydrogen) atoms. The van der Waals surface area contributed by atoms with Crippen LogP contribution >= 0.6 is 0 Å². The Labute approximate surface area is 127 Å². The van der Waals surface area contributed by atoms with Crippen LogP contribution in [0.4, 0.5) is 0 Å². The van der Waals surface area contributed by atoms with Gasteiger partial charge in [0.2, 0.25) is 0 Å². The van der Waals surface area contributed by atoms with Crippen molar-refractivity contribution in [2.45, 2.75) is 33.4 Å². The summed E-state index contributed by atoms with van der Waals surface area (Å²) in [5, 5.41) is 0. The average Bonchev–Trinajstić information content (AvgIpc) is 2.38. The van der Waals surface area contributed by atoms with Crippen molar-refractivity contribution in [2.24, 2.45) is 5.73 Å². The van der Waals surface area contributed by atoms with E-state index in [1.807, 2.05) is 13.0 Å². The molecule has 0 spiro atoms. The topological polar surface area (TPSA) is 42.1 Å². The van der Waals surface area contributed by atoms with Gasteiger partial charge >= 0.3 is 0 Å². The Balaban J connectivity index is 2.00. The Morgan fingerprint density at radius 2 is 1.90 bits per heavy atom. The summed E-state index contributed by atoms with van der Waals surface area (Å²) in [5.74, 6) is 0. The summed E-state index contributed by atoms with van der Waals surface area (Å²) < 4.78 is 0. The SMILES string of the molecule is Cc1ccc(C(N)CN(C)Cc2cccc(C)n2)c(C)c1. The van der Waals surface area contributed by atoms with Crippen molar-refractivity contribution in [3.8, 4) is 0 Å². The highest BCUT2D eigenvalue weighted by molar-refractivity contribution is 5.32. The van der Waals surface area contributed by atoms with Gasteiger partial charge in [0.25, 0.3) is 0 Å². The number of benzene rings is 1. The van der Waals surface area contributed by atoms with Crippen LogP contribution in [0.15, 0.2) is 36.4 Å². The van der Waals surface area contributed by atoms with E-state index in [1.165, 1.54) is 16.7 Å². The lowest BCUT2D eigenvalue weighted by Crippen LogP contribution is -2.29. The minimum Gasteiger partial charge on any atom is -0.323 e. The predicted molar refractivity (Wildman–Crippen MR) is 88.2 cm³/mol. The van der Waals surface area contributed by atoms with Gasteiger partial charge in [0.05, 0.1) is 5.69 Å². The molecule has 0 aliphatic heterocycles. The highest BCUT2D eigenvalue weighted by Gasteiger charge is 2.12. The summed E-state index contributed by atoms with van der Waals surface area (Å²) in [4.78, 5) is 6.77. The van der Waals surface area contributed by atoms with Crippen molar-refractivity contribution in [3.05, 3.63) is 64.5 Å². The Morgan fingerprint density at radius 1 is 1.14 bits per heavy atom. The molecule has 0 radical (unpaired) electrons. The van der Waals surface area contributed by atoms with Crippen molar-refractivity contribution < 1.29 is 0 Å². The standard InChI is InChI=1S/C18H25N3/c1-13-8-9-17(14(2)10-13)18(19)12-21(4)11-16-7-5-6-15(3)20-16/h5-10,18H,11-12,19H2,1-4H3. The Hall–Kier alpha value is -1.71. The van der Waals surface area contributed by atoms with Gasteiger partial charge < -0.3 is 5.73 Å². The number of aryl methyl sites for hydroxylation is 3. The second-order valence-corrected chi connectivity index (χ2v) is 5.93. The van der Waals surface area contributed by atoms with Crippen LogP contribution in [0, 0.1) is 20.8 Å². The van der Waals surface area contributed by atoms with Crippen LogP contribution < -0.4 is 5.73 Å². The third-order valence-electron chi connectivity index (χ3n) is 3.71. The largest absolute Gasteiger partial charge is 0.323 e. The van der Waals surface area contributed by atoms with Crippen LogP contribution in [0.25, 0.3) is 0 Å². The van der Waals surface area contributed by atoms with E-state index in [0.29, 0.717) is 0 Å². The van der Waals surface area contributed by atoms with Gasteiger partial charge in [-0.3, -0.25) is 9.88 Å². The highest BCUT2D eigenvalue weighted by Crippen LogP contribution is 2.18. The minimum absolute atomic E-state index is 0.0282. The number of nitrogens with zero attached hydrogens (tertiary/aromatic N) is 2. The fourth-order valence-corrected chi connectivity index (χ4v) is 2.70. The zero-order chi connectivity index (χ0) is 15.4.